The van der Waals surface area contributed by atoms with Gasteiger partial charge in [-0.1, -0.05) is 42.5 Å². The van der Waals surface area contributed by atoms with Crippen LogP contribution in [-0.4, -0.2) is 0 Å². The maximum Gasteiger partial charge on any atom is -0.0166 e. The topological polar surface area (TPSA) is 0 Å². The largest absolute Gasteiger partial charge is 0.0882 e. The third-order valence-corrected chi connectivity index (χ3v) is 1.72. The highest BCUT2D eigenvalue weighted by atomic mass is 13.9. The molecule has 0 N–H and O–H groups in total. The number of hydrogen-bond acceptors (Lipinski definition) is 0. The number of allylic oxidation sites excluding steroid dienone is 8. The molecule has 1 aliphatic carbocycles. The summed E-state index contributed by atoms with van der Waals surface area (Å²) < 4.78 is 0. The summed E-state index contributed by atoms with van der Waals surface area (Å²) in [6.45, 7) is 0. The fraction of sp³-hybridized carbons (Fsp3) is 0.333. The Morgan fingerprint density at radius 1 is 0.917 bits per heavy atom. The van der Waals surface area contributed by atoms with Crippen LogP contribution in [0.5, 0.6) is 0 Å². The Morgan fingerprint density at radius 3 is 2.83 bits per heavy atom. The summed E-state index contributed by atoms with van der Waals surface area (Å²) in [4.78, 5) is 0. The summed E-state index contributed by atoms with van der Waals surface area (Å²) in [6, 6.07) is 0. The molecule has 0 aromatic rings. The van der Waals surface area contributed by atoms with Gasteiger partial charge in [0.25, 0.3) is 0 Å². The first-order valence-electron chi connectivity index (χ1n) is 4.54. The average molecular weight is 159 g/mol. The molecular weight excluding hydrogens is 144 g/mol. The molecule has 0 unspecified atom stereocenters. The van der Waals surface area contributed by atoms with Gasteiger partial charge in [0.05, 0.1) is 0 Å². The van der Waals surface area contributed by atoms with Crippen molar-refractivity contribution in [2.45, 2.75) is 25.7 Å². The fourth-order valence-corrected chi connectivity index (χ4v) is 1.06. The van der Waals surface area contributed by atoms with Gasteiger partial charge in [-0.2, -0.15) is 0 Å². The zero-order valence-electron chi connectivity index (χ0n) is 7.37. The Morgan fingerprint density at radius 2 is 1.83 bits per heavy atom. The quantitative estimate of drug-likeness (QED) is 0.474. The van der Waals surface area contributed by atoms with Crippen LogP contribution >= 0.6 is 0 Å². The maximum absolute atomic E-state index is 3.08. The van der Waals surface area contributed by atoms with Crippen LogP contribution in [-0.2, 0) is 0 Å². The third kappa shape index (κ3) is 4.73. The van der Waals surface area contributed by atoms with Crippen molar-refractivity contribution in [2.75, 3.05) is 0 Å². The minimum Gasteiger partial charge on any atom is -0.0882 e. The molecule has 0 fully saturated rings. The van der Waals surface area contributed by atoms with E-state index in [1.54, 1.807) is 0 Å². The van der Waals surface area contributed by atoms with Crippen LogP contribution in [0.25, 0.3) is 0 Å². The van der Waals surface area contributed by atoms with Crippen LogP contribution in [0, 0.1) is 6.08 Å². The van der Waals surface area contributed by atoms with Gasteiger partial charge in [-0.25, -0.2) is 0 Å². The molecule has 0 bridgehead atoms. The SMILES string of the molecule is [C]1=C\C=C\CCC/C=C\C/C=C/1. The molecule has 0 saturated heterocycles. The standard InChI is InChI=1S/C12H15/c1-2-4-6-8-10-12-11-9-7-5-3-1/h1-3,7,9-10,12H,4,6,8,11H2/b2-1+,5-3?,9-7+,12-10-. The molecule has 0 heteroatoms. The van der Waals surface area contributed by atoms with Gasteiger partial charge in [0, 0.05) is 0 Å². The van der Waals surface area contributed by atoms with Gasteiger partial charge in [-0.05, 0) is 31.8 Å². The minimum atomic E-state index is 1.03. The van der Waals surface area contributed by atoms with Gasteiger partial charge >= 0.3 is 0 Å². The summed E-state index contributed by atoms with van der Waals surface area (Å²) in [7, 11) is 0. The summed E-state index contributed by atoms with van der Waals surface area (Å²) in [5, 5.41) is 0. The Kier molecular flexibility index (Phi) is 5.02. The van der Waals surface area contributed by atoms with Crippen LogP contribution in [0.4, 0.5) is 0 Å². The van der Waals surface area contributed by atoms with Crippen molar-refractivity contribution in [2.24, 2.45) is 0 Å². The molecule has 0 amide bonds. The zero-order valence-corrected chi connectivity index (χ0v) is 7.37. The van der Waals surface area contributed by atoms with E-state index in [0.29, 0.717) is 0 Å². The molecular formula is C12H15. The van der Waals surface area contributed by atoms with Crippen LogP contribution in [0.15, 0.2) is 42.5 Å². The molecule has 1 rings (SSSR count). The van der Waals surface area contributed by atoms with E-state index in [0.717, 1.165) is 6.42 Å². The number of rotatable bonds is 0. The first kappa shape index (κ1) is 9.05. The van der Waals surface area contributed by atoms with Crippen LogP contribution in [0.1, 0.15) is 25.7 Å². The third-order valence-electron chi connectivity index (χ3n) is 1.72. The molecule has 0 heterocycles. The second-order valence-electron chi connectivity index (χ2n) is 2.80. The van der Waals surface area contributed by atoms with Crippen molar-refractivity contribution >= 4 is 0 Å². The molecule has 12 heavy (non-hydrogen) atoms. The summed E-state index contributed by atoms with van der Waals surface area (Å²) in [6.07, 6.45) is 22.5. The monoisotopic (exact) mass is 159 g/mol. The normalized spacial score (nSPS) is 29.3. The van der Waals surface area contributed by atoms with Gasteiger partial charge in [0.1, 0.15) is 0 Å². The van der Waals surface area contributed by atoms with Gasteiger partial charge in [-0.3, -0.25) is 0 Å². The Hall–Kier alpha value is -1.04. The van der Waals surface area contributed by atoms with Crippen molar-refractivity contribution in [3.8, 4) is 0 Å². The van der Waals surface area contributed by atoms with Crippen LogP contribution in [0.3, 0.4) is 0 Å². The first-order chi connectivity index (χ1) is 6.00. The highest BCUT2D eigenvalue weighted by molar-refractivity contribution is 5.07. The van der Waals surface area contributed by atoms with E-state index < -0.39 is 0 Å². The summed E-state index contributed by atoms with van der Waals surface area (Å²) in [5.74, 6) is 0. The zero-order chi connectivity index (χ0) is 8.49. The van der Waals surface area contributed by atoms with E-state index in [-0.39, 0.29) is 0 Å². The molecule has 0 nitrogen and oxygen atoms in total. The lowest BCUT2D eigenvalue weighted by Gasteiger charge is -1.90. The predicted molar refractivity (Wildman–Crippen MR) is 53.7 cm³/mol. The van der Waals surface area contributed by atoms with Crippen molar-refractivity contribution in [1.82, 2.24) is 0 Å². The van der Waals surface area contributed by atoms with E-state index in [1.165, 1.54) is 19.3 Å². The summed E-state index contributed by atoms with van der Waals surface area (Å²) in [5.41, 5.74) is 0. The van der Waals surface area contributed by atoms with Crippen molar-refractivity contribution in [3.05, 3.63) is 48.6 Å². The maximum atomic E-state index is 3.08. The molecule has 0 spiro atoms. The lowest BCUT2D eigenvalue weighted by molar-refractivity contribution is 0.866. The minimum absolute atomic E-state index is 1.03. The van der Waals surface area contributed by atoms with Gasteiger partial charge in [0.2, 0.25) is 0 Å². The van der Waals surface area contributed by atoms with Crippen molar-refractivity contribution < 1.29 is 0 Å². The molecule has 0 saturated carbocycles. The predicted octanol–water partition coefficient (Wildman–Crippen LogP) is 3.59. The van der Waals surface area contributed by atoms with Gasteiger partial charge in [-0.15, -0.1) is 0 Å². The van der Waals surface area contributed by atoms with Crippen molar-refractivity contribution in [3.63, 3.8) is 0 Å². The lowest BCUT2D eigenvalue weighted by Crippen LogP contribution is -1.70. The Balaban J connectivity index is 2.42. The molecule has 63 valence electrons. The smallest absolute Gasteiger partial charge is 0.0166 e. The van der Waals surface area contributed by atoms with E-state index >= 15 is 0 Å². The highest BCUT2D eigenvalue weighted by Gasteiger charge is 1.80. The molecule has 0 aromatic heterocycles. The Bertz CT molecular complexity index is 204. The lowest BCUT2D eigenvalue weighted by atomic mass is 10.2. The highest BCUT2D eigenvalue weighted by Crippen LogP contribution is 2.00. The molecule has 1 radical (unpaired) electrons. The molecule has 0 aliphatic heterocycles. The molecule has 0 aromatic carbocycles. The van der Waals surface area contributed by atoms with E-state index in [2.05, 4.69) is 36.5 Å². The average Bonchev–Trinajstić information content (AvgIpc) is 2.05. The second-order valence-corrected chi connectivity index (χ2v) is 2.80. The second kappa shape index (κ2) is 6.66. The Labute approximate surface area is 75.0 Å². The first-order valence-corrected chi connectivity index (χ1v) is 4.54. The van der Waals surface area contributed by atoms with Gasteiger partial charge < -0.3 is 0 Å². The van der Waals surface area contributed by atoms with E-state index in [9.17, 15) is 0 Å². The number of hydrogen-bond donors (Lipinski definition) is 0. The van der Waals surface area contributed by atoms with E-state index in [4.69, 9.17) is 0 Å². The summed E-state index contributed by atoms with van der Waals surface area (Å²) >= 11 is 0. The molecule has 1 aliphatic rings. The molecule has 0 atom stereocenters. The fourth-order valence-electron chi connectivity index (χ4n) is 1.06. The van der Waals surface area contributed by atoms with E-state index in [1.807, 2.05) is 12.2 Å². The van der Waals surface area contributed by atoms with Crippen LogP contribution < -0.4 is 0 Å². The van der Waals surface area contributed by atoms with Crippen LogP contribution in [0.2, 0.25) is 0 Å². The van der Waals surface area contributed by atoms with Gasteiger partial charge in [0.15, 0.2) is 0 Å². The van der Waals surface area contributed by atoms with Crippen molar-refractivity contribution in [1.29, 1.82) is 0 Å².